The molecule has 0 bridgehead atoms. The molecule has 0 nitrogen and oxygen atoms in total. The average molecular weight is 718 g/mol. The Hall–Kier alpha value is 0.220. The third kappa shape index (κ3) is 10.7. The van der Waals surface area contributed by atoms with Gasteiger partial charge in [-0.15, -0.1) is 81.2 Å². The van der Waals surface area contributed by atoms with Crippen molar-refractivity contribution in [2.75, 3.05) is 0 Å². The molecule has 2 radical (unpaired) electrons. The minimum Gasteiger partial charge on any atom is -1.00 e. The van der Waals surface area contributed by atoms with E-state index < -0.39 is 0 Å². The van der Waals surface area contributed by atoms with Gasteiger partial charge in [-0.2, -0.15) is 12.1 Å². The maximum absolute atomic E-state index is 2.26. The molecule has 0 aliphatic carbocycles. The van der Waals surface area contributed by atoms with E-state index in [2.05, 4.69) is 100 Å². The van der Waals surface area contributed by atoms with Crippen molar-refractivity contribution in [3.63, 3.8) is 0 Å². The minimum absolute atomic E-state index is 0. The van der Waals surface area contributed by atoms with Gasteiger partial charge in [-0.3, -0.25) is 0 Å². The standard InChI is InChI=1S/2C11H11.C4H10Si.2HI.Zr/c2*1-2-9-7-10-5-3-4-6-11(10)8-9;1-3-5-4-2;;;/h2*3-8H,2H2,1H3;3-4H2,1-2H3;2*1H;/q2*-1;;;;+4/p-2. The molecule has 4 aromatic carbocycles. The van der Waals surface area contributed by atoms with Crippen LogP contribution in [-0.2, 0) is 39.0 Å². The van der Waals surface area contributed by atoms with Crippen LogP contribution in [0.4, 0.5) is 0 Å². The van der Waals surface area contributed by atoms with E-state index in [1.54, 1.807) is 0 Å². The summed E-state index contributed by atoms with van der Waals surface area (Å²) in [5.74, 6) is 0. The molecule has 0 unspecified atom stereocenters. The van der Waals surface area contributed by atoms with Gasteiger partial charge in [0.25, 0.3) is 0 Å². The molecule has 0 amide bonds. The maximum atomic E-state index is 2.26. The van der Waals surface area contributed by atoms with Crippen molar-refractivity contribution in [1.82, 2.24) is 0 Å². The topological polar surface area (TPSA) is 0 Å². The Morgan fingerprint density at radius 3 is 1.27 bits per heavy atom. The van der Waals surface area contributed by atoms with Crippen LogP contribution in [-0.4, -0.2) is 9.52 Å². The van der Waals surface area contributed by atoms with E-state index in [9.17, 15) is 0 Å². The van der Waals surface area contributed by atoms with Crippen molar-refractivity contribution < 1.29 is 74.2 Å². The van der Waals surface area contributed by atoms with Gasteiger partial charge in [-0.05, 0) is 12.8 Å². The molecule has 4 aromatic rings. The number of halogens is 2. The smallest absolute Gasteiger partial charge is 1.00 e. The van der Waals surface area contributed by atoms with Crippen LogP contribution in [0.2, 0.25) is 12.1 Å². The van der Waals surface area contributed by atoms with Crippen LogP contribution in [0.5, 0.6) is 0 Å². The molecule has 0 saturated heterocycles. The molecular formula is C26H32I2SiZr. The third-order valence-electron chi connectivity index (χ3n) is 4.67. The first kappa shape index (κ1) is 32.4. The van der Waals surface area contributed by atoms with Crippen molar-refractivity contribution in [1.29, 1.82) is 0 Å². The molecule has 4 heteroatoms. The fourth-order valence-electron chi connectivity index (χ4n) is 3.09. The monoisotopic (exact) mass is 716 g/mol. The molecule has 0 saturated carbocycles. The van der Waals surface area contributed by atoms with E-state index >= 15 is 0 Å². The van der Waals surface area contributed by atoms with Gasteiger partial charge >= 0.3 is 26.2 Å². The Balaban J connectivity index is 0. The first-order chi connectivity index (χ1) is 13.2. The summed E-state index contributed by atoms with van der Waals surface area (Å²) in [6.07, 6.45) is 2.27. The maximum Gasteiger partial charge on any atom is 4.00 e. The van der Waals surface area contributed by atoms with Crippen LogP contribution < -0.4 is 48.0 Å². The second kappa shape index (κ2) is 18.8. The van der Waals surface area contributed by atoms with Crippen molar-refractivity contribution >= 4 is 31.1 Å². The molecule has 30 heavy (non-hydrogen) atoms. The van der Waals surface area contributed by atoms with E-state index in [1.165, 1.54) is 54.3 Å². The fourth-order valence-corrected chi connectivity index (χ4v) is 3.59. The van der Waals surface area contributed by atoms with Crippen LogP contribution in [0.15, 0.2) is 72.8 Å². The van der Waals surface area contributed by atoms with Gasteiger partial charge in [-0.1, -0.05) is 51.9 Å². The number of aryl methyl sites for hydroxylation is 2. The van der Waals surface area contributed by atoms with Crippen LogP contribution >= 0.6 is 0 Å². The molecule has 0 aromatic heterocycles. The van der Waals surface area contributed by atoms with Gasteiger partial charge in [-0.25, -0.2) is 0 Å². The van der Waals surface area contributed by atoms with Crippen LogP contribution in [0.1, 0.15) is 38.8 Å². The van der Waals surface area contributed by atoms with E-state index in [0.717, 1.165) is 12.8 Å². The van der Waals surface area contributed by atoms with E-state index in [0.29, 0.717) is 0 Å². The van der Waals surface area contributed by atoms with Crippen LogP contribution in [0, 0.1) is 0 Å². The number of rotatable bonds is 4. The molecule has 158 valence electrons. The molecule has 0 spiro atoms. The van der Waals surface area contributed by atoms with Gasteiger partial charge in [0.05, 0.1) is 0 Å². The Labute approximate surface area is 239 Å². The molecule has 4 rings (SSSR count). The molecule has 0 aliphatic heterocycles. The van der Waals surface area contributed by atoms with Crippen molar-refractivity contribution in [2.45, 2.75) is 52.6 Å². The van der Waals surface area contributed by atoms with Gasteiger partial charge in [0.2, 0.25) is 0 Å². The molecule has 0 heterocycles. The molecule has 0 fully saturated rings. The minimum atomic E-state index is 0. The Morgan fingerprint density at radius 1 is 0.633 bits per heavy atom. The quantitative estimate of drug-likeness (QED) is 0.172. The number of hydrogen-bond acceptors (Lipinski definition) is 0. The predicted octanol–water partition coefficient (Wildman–Crippen LogP) is 1.81. The predicted molar refractivity (Wildman–Crippen MR) is 125 cm³/mol. The van der Waals surface area contributed by atoms with Gasteiger partial charge in [0.15, 0.2) is 0 Å². The molecule has 0 N–H and O–H groups in total. The summed E-state index contributed by atoms with van der Waals surface area (Å²) in [4.78, 5) is 0. The molecular weight excluding hydrogens is 685 g/mol. The summed E-state index contributed by atoms with van der Waals surface area (Å²) in [5.41, 5.74) is 2.87. The Bertz CT molecular complexity index is 785. The normalized spacial score (nSPS) is 9.20. The van der Waals surface area contributed by atoms with Gasteiger partial charge < -0.3 is 48.0 Å². The van der Waals surface area contributed by atoms with Crippen LogP contribution in [0.3, 0.4) is 0 Å². The summed E-state index contributed by atoms with van der Waals surface area (Å²) in [6, 6.07) is 28.8. The van der Waals surface area contributed by atoms with E-state index in [4.69, 9.17) is 0 Å². The molecule has 0 aliphatic rings. The van der Waals surface area contributed by atoms with Gasteiger partial charge in [0.1, 0.15) is 0 Å². The zero-order valence-corrected chi connectivity index (χ0v) is 26.3. The second-order valence-electron chi connectivity index (χ2n) is 6.65. The van der Waals surface area contributed by atoms with E-state index in [1.807, 2.05) is 0 Å². The molecule has 0 atom stereocenters. The van der Waals surface area contributed by atoms with Gasteiger partial charge in [0, 0.05) is 9.52 Å². The first-order valence-electron chi connectivity index (χ1n) is 10.2. The number of benzene rings is 2. The van der Waals surface area contributed by atoms with E-state index in [-0.39, 0.29) is 74.2 Å². The number of fused-ring (bicyclic) bond motifs is 2. The Kier molecular flexibility index (Phi) is 20.3. The summed E-state index contributed by atoms with van der Waals surface area (Å²) in [5, 5.41) is 5.46. The summed E-state index contributed by atoms with van der Waals surface area (Å²) >= 11 is 0. The zero-order valence-electron chi connectivity index (χ0n) is 18.5. The first-order valence-corrected chi connectivity index (χ1v) is 11.6. The zero-order chi connectivity index (χ0) is 19.5. The van der Waals surface area contributed by atoms with Crippen molar-refractivity contribution in [3.8, 4) is 0 Å². The summed E-state index contributed by atoms with van der Waals surface area (Å²) in [6.45, 7) is 8.83. The average Bonchev–Trinajstić information content (AvgIpc) is 3.32. The summed E-state index contributed by atoms with van der Waals surface area (Å²) in [7, 11) is 1.20. The summed E-state index contributed by atoms with van der Waals surface area (Å²) < 4.78 is 0. The van der Waals surface area contributed by atoms with Crippen molar-refractivity contribution in [3.05, 3.63) is 83.9 Å². The number of hydrogen-bond donors (Lipinski definition) is 0. The third-order valence-corrected chi connectivity index (χ3v) is 5.67. The largest absolute Gasteiger partial charge is 4.00 e. The second-order valence-corrected chi connectivity index (χ2v) is 8.56. The Morgan fingerprint density at radius 2 is 1.00 bits per heavy atom. The SMILES string of the molecule is CC[Si]CC.CCc1cc2ccccc2[cH-]1.CCc1cc2ccccc2[cH-]1.[I-].[I-].[Zr+4]. The fraction of sp³-hybridized carbons (Fsp3) is 0.308. The van der Waals surface area contributed by atoms with Crippen LogP contribution in [0.25, 0.3) is 21.5 Å². The van der Waals surface area contributed by atoms with Crippen molar-refractivity contribution in [2.24, 2.45) is 0 Å².